The number of carbonyl (C=O) groups is 3. The van der Waals surface area contributed by atoms with Crippen LogP contribution in [0, 0.1) is 6.92 Å². The lowest BCUT2D eigenvalue weighted by Crippen LogP contribution is -2.62. The van der Waals surface area contributed by atoms with Crippen molar-refractivity contribution >= 4 is 40.7 Å². The standard InChI is InChI=1S/C42H47N9O5/c1-26-35(22-44-41-39(26)43-15-19-55-41)50-18-14-30-21-45-42(47-34(30)25-50)46-31-6-2-27(3-7-31)20-38(53)51-23-32(24-51)49-16-12-29(13-17-49)28-4-8-33(9-5-28)56-36-10-11-37(52)48-40(36)54/h2-9,21-22,29,32,36,43H,10-20,23-25H2,1H3,(H,45,46,47)(H,48,52,54). The van der Waals surface area contributed by atoms with Crippen LogP contribution in [0.5, 0.6) is 11.6 Å². The third kappa shape index (κ3) is 7.57. The SMILES string of the molecule is Cc1c(N2CCc3cnc(Nc4ccc(CC(=O)N5CC(N6CCC(c7ccc(OC8CCC(=O)NC8=O)cc7)CC6)C5)cc4)nc3C2)cnc2c1NCCO2. The quantitative estimate of drug-likeness (QED) is 0.211. The van der Waals surface area contributed by atoms with Crippen molar-refractivity contribution in [2.45, 2.75) is 70.1 Å². The van der Waals surface area contributed by atoms with E-state index >= 15 is 0 Å². The molecule has 290 valence electrons. The maximum Gasteiger partial charge on any atom is 0.267 e. The van der Waals surface area contributed by atoms with Gasteiger partial charge in [0.15, 0.2) is 6.10 Å². The van der Waals surface area contributed by atoms with Crippen molar-refractivity contribution < 1.29 is 23.9 Å². The number of pyridine rings is 1. The molecule has 7 heterocycles. The van der Waals surface area contributed by atoms with Crippen molar-refractivity contribution in [1.82, 2.24) is 30.1 Å². The molecule has 0 bridgehead atoms. The number of hydrogen-bond acceptors (Lipinski definition) is 12. The highest BCUT2D eigenvalue weighted by molar-refractivity contribution is 5.99. The van der Waals surface area contributed by atoms with Crippen molar-refractivity contribution in [1.29, 1.82) is 0 Å². The Labute approximate surface area is 326 Å². The minimum absolute atomic E-state index is 0.159. The molecule has 0 radical (unpaired) electrons. The number of benzene rings is 2. The van der Waals surface area contributed by atoms with E-state index in [-0.39, 0.29) is 17.7 Å². The van der Waals surface area contributed by atoms with Crippen molar-refractivity contribution in [2.75, 3.05) is 61.4 Å². The Morgan fingerprint density at radius 2 is 1.77 bits per heavy atom. The molecule has 9 rings (SSSR count). The maximum absolute atomic E-state index is 13.2. The number of fused-ring (bicyclic) bond motifs is 2. The van der Waals surface area contributed by atoms with E-state index in [2.05, 4.69) is 54.8 Å². The first-order chi connectivity index (χ1) is 27.3. The highest BCUT2D eigenvalue weighted by Crippen LogP contribution is 2.37. The highest BCUT2D eigenvalue weighted by Gasteiger charge is 2.36. The molecule has 2 aromatic heterocycles. The first-order valence-electron chi connectivity index (χ1n) is 19.8. The highest BCUT2D eigenvalue weighted by atomic mass is 16.5. The fraction of sp³-hybridized carbons (Fsp3) is 0.429. The lowest BCUT2D eigenvalue weighted by atomic mass is 9.88. The third-order valence-electron chi connectivity index (χ3n) is 11.9. The van der Waals surface area contributed by atoms with Gasteiger partial charge in [0.05, 0.1) is 30.5 Å². The molecule has 3 N–H and O–H groups in total. The number of piperidine rings is 2. The lowest BCUT2D eigenvalue weighted by molar-refractivity contribution is -0.139. The van der Waals surface area contributed by atoms with E-state index in [0.717, 1.165) is 98.0 Å². The zero-order chi connectivity index (χ0) is 38.2. The van der Waals surface area contributed by atoms with E-state index in [1.54, 1.807) is 0 Å². The van der Waals surface area contributed by atoms with Gasteiger partial charge in [0.1, 0.15) is 18.0 Å². The predicted molar refractivity (Wildman–Crippen MR) is 210 cm³/mol. The molecule has 1 unspecified atom stereocenters. The lowest BCUT2D eigenvalue weighted by Gasteiger charge is -2.47. The number of likely N-dealkylation sites (tertiary alicyclic amines) is 2. The molecule has 2 aromatic carbocycles. The molecule has 5 aliphatic rings. The Hall–Kier alpha value is -5.76. The topological polar surface area (TPSA) is 154 Å². The van der Waals surface area contributed by atoms with Crippen LogP contribution in [0.1, 0.15) is 59.5 Å². The summed E-state index contributed by atoms with van der Waals surface area (Å²) in [4.78, 5) is 57.5. The van der Waals surface area contributed by atoms with Crippen molar-refractivity contribution in [3.63, 3.8) is 0 Å². The average Bonchev–Trinajstić information content (AvgIpc) is 3.20. The van der Waals surface area contributed by atoms with Gasteiger partial charge in [-0.15, -0.1) is 0 Å². The van der Waals surface area contributed by atoms with Gasteiger partial charge in [-0.05, 0) is 86.1 Å². The average molecular weight is 758 g/mol. The fourth-order valence-corrected chi connectivity index (χ4v) is 8.48. The second kappa shape index (κ2) is 15.4. The Kier molecular flexibility index (Phi) is 9.88. The Morgan fingerprint density at radius 3 is 2.55 bits per heavy atom. The molecule has 56 heavy (non-hydrogen) atoms. The van der Waals surface area contributed by atoms with Crippen LogP contribution in [0.4, 0.5) is 23.0 Å². The van der Waals surface area contributed by atoms with Crippen LogP contribution >= 0.6 is 0 Å². The van der Waals surface area contributed by atoms with Crippen molar-refractivity contribution in [2.24, 2.45) is 0 Å². The number of ether oxygens (including phenoxy) is 2. The summed E-state index contributed by atoms with van der Waals surface area (Å²) < 4.78 is 11.6. The molecular weight excluding hydrogens is 711 g/mol. The van der Waals surface area contributed by atoms with Crippen molar-refractivity contribution in [3.8, 4) is 11.6 Å². The number of imide groups is 1. The summed E-state index contributed by atoms with van der Waals surface area (Å²) in [6.45, 7) is 8.61. The Morgan fingerprint density at radius 1 is 0.964 bits per heavy atom. The second-order valence-corrected chi connectivity index (χ2v) is 15.4. The van der Waals surface area contributed by atoms with E-state index in [1.165, 1.54) is 5.56 Å². The Balaban J connectivity index is 0.720. The molecule has 0 spiro atoms. The number of hydrogen-bond donors (Lipinski definition) is 3. The van der Waals surface area contributed by atoms with E-state index in [9.17, 15) is 14.4 Å². The van der Waals surface area contributed by atoms with Crippen LogP contribution in [-0.2, 0) is 33.8 Å². The molecule has 0 saturated carbocycles. The number of carbonyl (C=O) groups excluding carboxylic acids is 3. The largest absolute Gasteiger partial charge is 0.481 e. The summed E-state index contributed by atoms with van der Waals surface area (Å²) >= 11 is 0. The van der Waals surface area contributed by atoms with Gasteiger partial charge in [-0.1, -0.05) is 24.3 Å². The van der Waals surface area contributed by atoms with Crippen LogP contribution in [0.3, 0.4) is 0 Å². The van der Waals surface area contributed by atoms with Gasteiger partial charge in [0.25, 0.3) is 5.91 Å². The molecule has 14 heteroatoms. The van der Waals surface area contributed by atoms with Gasteiger partial charge in [-0.3, -0.25) is 24.6 Å². The van der Waals surface area contributed by atoms with Crippen LogP contribution in [-0.4, -0.2) is 100 Å². The fourth-order valence-electron chi connectivity index (χ4n) is 8.48. The van der Waals surface area contributed by atoms with Gasteiger partial charge in [0, 0.05) is 62.5 Å². The van der Waals surface area contributed by atoms with Crippen LogP contribution in [0.2, 0.25) is 0 Å². The van der Waals surface area contributed by atoms with Crippen LogP contribution in [0.15, 0.2) is 60.9 Å². The Bertz CT molecular complexity index is 2110. The van der Waals surface area contributed by atoms with E-state index in [4.69, 9.17) is 14.5 Å². The van der Waals surface area contributed by atoms with Gasteiger partial charge in [-0.2, -0.15) is 0 Å². The molecule has 14 nitrogen and oxygen atoms in total. The second-order valence-electron chi connectivity index (χ2n) is 15.4. The number of amides is 3. The molecule has 3 saturated heterocycles. The molecule has 4 aromatic rings. The minimum Gasteiger partial charge on any atom is -0.481 e. The molecule has 1 atom stereocenters. The third-order valence-corrected chi connectivity index (χ3v) is 11.9. The van der Waals surface area contributed by atoms with E-state index in [1.807, 2.05) is 53.7 Å². The number of nitrogens with one attached hydrogen (secondary N) is 3. The van der Waals surface area contributed by atoms with Crippen LogP contribution < -0.4 is 30.3 Å². The van der Waals surface area contributed by atoms with Gasteiger partial charge < -0.3 is 29.9 Å². The summed E-state index contributed by atoms with van der Waals surface area (Å²) in [6.07, 6.45) is 7.26. The number of rotatable bonds is 9. The molecule has 3 fully saturated rings. The summed E-state index contributed by atoms with van der Waals surface area (Å²) in [5, 5.41) is 9.13. The molecular formula is C42H47N9O5. The normalized spacial score (nSPS) is 20.2. The zero-order valence-corrected chi connectivity index (χ0v) is 31.6. The van der Waals surface area contributed by atoms with Gasteiger partial charge in [-0.25, -0.2) is 15.0 Å². The van der Waals surface area contributed by atoms with E-state index in [0.29, 0.717) is 62.0 Å². The maximum atomic E-state index is 13.2. The number of aromatic nitrogens is 3. The summed E-state index contributed by atoms with van der Waals surface area (Å²) in [6, 6.07) is 16.4. The van der Waals surface area contributed by atoms with Gasteiger partial charge in [0.2, 0.25) is 23.6 Å². The predicted octanol–water partition coefficient (Wildman–Crippen LogP) is 4.11. The summed E-state index contributed by atoms with van der Waals surface area (Å²) in [5.41, 5.74) is 8.48. The van der Waals surface area contributed by atoms with Crippen LogP contribution in [0.25, 0.3) is 0 Å². The minimum atomic E-state index is -0.627. The van der Waals surface area contributed by atoms with E-state index < -0.39 is 6.10 Å². The van der Waals surface area contributed by atoms with Gasteiger partial charge >= 0.3 is 0 Å². The summed E-state index contributed by atoms with van der Waals surface area (Å²) in [5.74, 6) is 1.87. The molecule has 3 amide bonds. The first-order valence-corrected chi connectivity index (χ1v) is 19.8. The summed E-state index contributed by atoms with van der Waals surface area (Å²) in [7, 11) is 0. The number of nitrogens with zero attached hydrogens (tertiary/aromatic N) is 6. The molecule has 5 aliphatic heterocycles. The zero-order valence-electron chi connectivity index (χ0n) is 31.6. The first kappa shape index (κ1) is 35.9. The monoisotopic (exact) mass is 757 g/mol. The van der Waals surface area contributed by atoms with Crippen molar-refractivity contribution in [3.05, 3.63) is 88.9 Å². The molecule has 0 aliphatic carbocycles. The smallest absolute Gasteiger partial charge is 0.267 e. The number of anilines is 4.